The molecule has 0 atom stereocenters. The van der Waals surface area contributed by atoms with Gasteiger partial charge in [0.1, 0.15) is 12.4 Å². The number of nitrogens with zero attached hydrogens (tertiary/aromatic N) is 4. The van der Waals surface area contributed by atoms with E-state index in [1.165, 1.54) is 6.20 Å². The van der Waals surface area contributed by atoms with Crippen LogP contribution in [0.5, 0.6) is 5.75 Å². The summed E-state index contributed by atoms with van der Waals surface area (Å²) < 4.78 is 5.16. The van der Waals surface area contributed by atoms with Gasteiger partial charge in [0.2, 0.25) is 0 Å². The summed E-state index contributed by atoms with van der Waals surface area (Å²) in [7, 11) is 1.62. The highest BCUT2D eigenvalue weighted by molar-refractivity contribution is 6.03. The van der Waals surface area contributed by atoms with E-state index in [1.807, 2.05) is 53.4 Å². The van der Waals surface area contributed by atoms with Gasteiger partial charge in [-0.2, -0.15) is 0 Å². The second-order valence-corrected chi connectivity index (χ2v) is 6.07. The average Bonchev–Trinajstić information content (AvgIpc) is 3.14. The highest BCUT2D eigenvalue weighted by Gasteiger charge is 2.29. The Balaban J connectivity index is 1.65. The lowest BCUT2D eigenvalue weighted by Crippen LogP contribution is -2.41. The van der Waals surface area contributed by atoms with E-state index < -0.39 is 0 Å². The van der Waals surface area contributed by atoms with Crippen LogP contribution >= 0.6 is 0 Å². The van der Waals surface area contributed by atoms with Crippen molar-refractivity contribution < 1.29 is 14.7 Å². The minimum absolute atomic E-state index is 0.0806. The SMILES string of the molecule is COc1ccc(C=CN2CN(c3cnn(O)c3)c3ccccc3C2=O)cc1. The third-order valence-electron chi connectivity index (χ3n) is 4.41. The van der Waals surface area contributed by atoms with Crippen LogP contribution in [-0.2, 0) is 0 Å². The maximum Gasteiger partial charge on any atom is 0.261 e. The molecule has 0 bridgehead atoms. The van der Waals surface area contributed by atoms with Crippen LogP contribution < -0.4 is 9.64 Å². The van der Waals surface area contributed by atoms with Gasteiger partial charge in [0.15, 0.2) is 0 Å². The van der Waals surface area contributed by atoms with Crippen molar-refractivity contribution >= 4 is 23.4 Å². The Bertz CT molecular complexity index is 994. The molecule has 3 aromatic rings. The first-order valence-corrected chi connectivity index (χ1v) is 8.39. The first kappa shape index (κ1) is 16.7. The van der Waals surface area contributed by atoms with E-state index in [2.05, 4.69) is 5.10 Å². The Morgan fingerprint density at radius 2 is 1.93 bits per heavy atom. The summed E-state index contributed by atoms with van der Waals surface area (Å²) in [5, 5.41) is 13.3. The van der Waals surface area contributed by atoms with Gasteiger partial charge in [-0.25, -0.2) is 0 Å². The Morgan fingerprint density at radius 3 is 2.63 bits per heavy atom. The van der Waals surface area contributed by atoms with Gasteiger partial charge in [-0.05, 0) is 35.9 Å². The molecule has 0 saturated carbocycles. The Kier molecular flexibility index (Phi) is 4.25. The van der Waals surface area contributed by atoms with E-state index in [4.69, 9.17) is 4.74 Å². The number of hydrogen-bond donors (Lipinski definition) is 1. The first-order chi connectivity index (χ1) is 13.2. The van der Waals surface area contributed by atoms with Gasteiger partial charge in [-0.15, -0.1) is 9.94 Å². The number of anilines is 2. The van der Waals surface area contributed by atoms with Crippen molar-refractivity contribution in [1.82, 2.24) is 14.8 Å². The molecule has 0 aliphatic carbocycles. The van der Waals surface area contributed by atoms with Crippen molar-refractivity contribution in [2.75, 3.05) is 18.7 Å². The molecule has 1 aliphatic heterocycles. The van der Waals surface area contributed by atoms with Gasteiger partial charge in [0.05, 0.1) is 36.4 Å². The molecule has 0 spiro atoms. The lowest BCUT2D eigenvalue weighted by molar-refractivity contribution is 0.0816. The third-order valence-corrected chi connectivity index (χ3v) is 4.41. The summed E-state index contributed by atoms with van der Waals surface area (Å²) in [6.07, 6.45) is 6.69. The third kappa shape index (κ3) is 3.22. The highest BCUT2D eigenvalue weighted by atomic mass is 16.5. The number of benzene rings is 2. The number of aromatic nitrogens is 2. The number of carbonyl (C=O) groups is 1. The zero-order valence-corrected chi connectivity index (χ0v) is 14.7. The largest absolute Gasteiger partial charge is 0.497 e. The van der Waals surface area contributed by atoms with E-state index in [-0.39, 0.29) is 5.91 Å². The predicted octanol–water partition coefficient (Wildman–Crippen LogP) is 3.35. The molecule has 27 heavy (non-hydrogen) atoms. The molecule has 2 heterocycles. The van der Waals surface area contributed by atoms with Crippen LogP contribution in [0.1, 0.15) is 15.9 Å². The molecule has 0 saturated heterocycles. The molecule has 7 nitrogen and oxygen atoms in total. The zero-order chi connectivity index (χ0) is 18.8. The van der Waals surface area contributed by atoms with Gasteiger partial charge in [0.25, 0.3) is 5.91 Å². The molecule has 1 aromatic heterocycles. The fourth-order valence-corrected chi connectivity index (χ4v) is 3.01. The van der Waals surface area contributed by atoms with Gasteiger partial charge in [-0.3, -0.25) is 9.69 Å². The van der Waals surface area contributed by atoms with Crippen LogP contribution in [-0.4, -0.2) is 39.7 Å². The molecular weight excluding hydrogens is 344 g/mol. The van der Waals surface area contributed by atoms with E-state index in [0.717, 1.165) is 21.8 Å². The minimum Gasteiger partial charge on any atom is -0.497 e. The zero-order valence-electron chi connectivity index (χ0n) is 14.7. The number of hydrogen-bond acceptors (Lipinski definition) is 5. The van der Waals surface area contributed by atoms with Crippen LogP contribution in [0, 0.1) is 0 Å². The topological polar surface area (TPSA) is 70.8 Å². The molecule has 136 valence electrons. The molecular formula is C20H18N4O3. The second kappa shape index (κ2) is 6.87. The quantitative estimate of drug-likeness (QED) is 0.721. The van der Waals surface area contributed by atoms with Crippen LogP contribution in [0.2, 0.25) is 0 Å². The van der Waals surface area contributed by atoms with E-state index in [9.17, 15) is 10.0 Å². The summed E-state index contributed by atoms with van der Waals surface area (Å²) >= 11 is 0. The van der Waals surface area contributed by atoms with E-state index >= 15 is 0 Å². The highest BCUT2D eigenvalue weighted by Crippen LogP contribution is 2.33. The molecule has 2 aromatic carbocycles. The van der Waals surface area contributed by atoms with E-state index in [0.29, 0.717) is 17.9 Å². The summed E-state index contributed by atoms with van der Waals surface area (Å²) in [5.41, 5.74) is 3.02. The van der Waals surface area contributed by atoms with Crippen LogP contribution in [0.15, 0.2) is 67.1 Å². The number of fused-ring (bicyclic) bond motifs is 1. The monoisotopic (exact) mass is 362 g/mol. The number of ether oxygens (including phenoxy) is 1. The first-order valence-electron chi connectivity index (χ1n) is 8.39. The molecule has 0 fully saturated rings. The number of para-hydroxylation sites is 1. The standard InChI is InChI=1S/C20H18N4O3/c1-27-17-8-6-15(7-9-17)10-11-22-14-23(16-12-21-24(26)13-16)19-5-3-2-4-18(19)20(22)25/h2-13,26H,14H2,1H3. The Morgan fingerprint density at radius 1 is 1.15 bits per heavy atom. The fourth-order valence-electron chi connectivity index (χ4n) is 3.01. The lowest BCUT2D eigenvalue weighted by atomic mass is 10.1. The van der Waals surface area contributed by atoms with Crippen molar-refractivity contribution in [3.05, 3.63) is 78.3 Å². The molecule has 7 heteroatoms. The normalized spacial score (nSPS) is 13.9. The van der Waals surface area contributed by atoms with Crippen molar-refractivity contribution in [2.45, 2.75) is 0 Å². The molecule has 1 amide bonds. The summed E-state index contributed by atoms with van der Waals surface area (Å²) in [6, 6.07) is 15.0. The van der Waals surface area contributed by atoms with Crippen molar-refractivity contribution in [1.29, 1.82) is 0 Å². The van der Waals surface area contributed by atoms with Crippen LogP contribution in [0.3, 0.4) is 0 Å². The number of rotatable bonds is 4. The maximum absolute atomic E-state index is 12.9. The lowest BCUT2D eigenvalue weighted by Gasteiger charge is -2.35. The van der Waals surface area contributed by atoms with E-state index in [1.54, 1.807) is 30.5 Å². The van der Waals surface area contributed by atoms with Crippen molar-refractivity contribution in [3.63, 3.8) is 0 Å². The second-order valence-electron chi connectivity index (χ2n) is 6.07. The molecule has 1 aliphatic rings. The van der Waals surface area contributed by atoms with Crippen LogP contribution in [0.4, 0.5) is 11.4 Å². The van der Waals surface area contributed by atoms with Gasteiger partial charge in [-0.1, -0.05) is 24.3 Å². The minimum atomic E-state index is -0.0806. The molecule has 0 unspecified atom stereocenters. The fraction of sp³-hybridized carbons (Fsp3) is 0.100. The average molecular weight is 362 g/mol. The van der Waals surface area contributed by atoms with Crippen molar-refractivity contribution in [3.8, 4) is 5.75 Å². The Labute approximate surface area is 156 Å². The smallest absolute Gasteiger partial charge is 0.261 e. The summed E-state index contributed by atoms with van der Waals surface area (Å²) in [6.45, 7) is 0.314. The van der Waals surface area contributed by atoms with Gasteiger partial charge in [0, 0.05) is 6.20 Å². The summed E-state index contributed by atoms with van der Waals surface area (Å²) in [4.78, 5) is 17.2. The Hall–Kier alpha value is -3.74. The molecule has 1 N–H and O–H groups in total. The molecule has 4 rings (SSSR count). The van der Waals surface area contributed by atoms with Crippen LogP contribution in [0.25, 0.3) is 6.08 Å². The number of amides is 1. The van der Waals surface area contributed by atoms with Crippen molar-refractivity contribution in [2.24, 2.45) is 0 Å². The summed E-state index contributed by atoms with van der Waals surface area (Å²) in [5.74, 6) is 0.699. The number of carbonyl (C=O) groups excluding carboxylic acids is 1. The predicted molar refractivity (Wildman–Crippen MR) is 101 cm³/mol. The number of methoxy groups -OCH3 is 1. The van der Waals surface area contributed by atoms with Gasteiger partial charge < -0.3 is 14.8 Å². The molecule has 0 radical (unpaired) electrons. The van der Waals surface area contributed by atoms with Gasteiger partial charge >= 0.3 is 0 Å². The maximum atomic E-state index is 12.9.